The van der Waals surface area contributed by atoms with E-state index in [0.717, 1.165) is 0 Å². The van der Waals surface area contributed by atoms with Crippen LogP contribution in [0.25, 0.3) is 0 Å². The standard InChI is InChI=1S/C21H25N3O5/c1-20-7-6-17(25)24(20)16-5-3-2-4-15(16)19(27)23(20)14-18(26)22-10-8-21(9-11-22)28-12-13-29-21/h2-5H,6-14H2,1H3. The molecule has 4 heterocycles. The number of hydrogen-bond acceptors (Lipinski definition) is 5. The largest absolute Gasteiger partial charge is 0.347 e. The average molecular weight is 399 g/mol. The molecule has 0 N–H and O–H groups in total. The van der Waals surface area contributed by atoms with Gasteiger partial charge in [0.05, 0.1) is 24.5 Å². The lowest BCUT2D eigenvalue weighted by Gasteiger charge is -2.49. The zero-order valence-electron chi connectivity index (χ0n) is 16.6. The van der Waals surface area contributed by atoms with E-state index in [2.05, 4.69) is 0 Å². The number of benzene rings is 1. The Balaban J connectivity index is 1.37. The molecule has 3 amide bonds. The second kappa shape index (κ2) is 6.53. The van der Waals surface area contributed by atoms with Crippen molar-refractivity contribution in [2.24, 2.45) is 0 Å². The van der Waals surface area contributed by atoms with Crippen LogP contribution in [-0.4, -0.2) is 71.8 Å². The Hall–Kier alpha value is -2.45. The molecule has 0 saturated carbocycles. The average Bonchev–Trinajstić information content (AvgIpc) is 3.30. The molecular weight excluding hydrogens is 374 g/mol. The summed E-state index contributed by atoms with van der Waals surface area (Å²) in [7, 11) is 0. The first-order valence-corrected chi connectivity index (χ1v) is 10.2. The van der Waals surface area contributed by atoms with Crippen LogP contribution < -0.4 is 4.90 Å². The third-order valence-electron chi connectivity index (χ3n) is 6.73. The minimum Gasteiger partial charge on any atom is -0.347 e. The van der Waals surface area contributed by atoms with Crippen molar-refractivity contribution in [3.63, 3.8) is 0 Å². The number of para-hydroxylation sites is 1. The summed E-state index contributed by atoms with van der Waals surface area (Å²) in [6.45, 7) is 4.11. The van der Waals surface area contributed by atoms with Crippen LogP contribution in [0.5, 0.6) is 0 Å². The summed E-state index contributed by atoms with van der Waals surface area (Å²) < 4.78 is 11.5. The van der Waals surface area contributed by atoms with Crippen LogP contribution in [0, 0.1) is 0 Å². The van der Waals surface area contributed by atoms with Gasteiger partial charge in [-0.25, -0.2) is 0 Å². The topological polar surface area (TPSA) is 79.4 Å². The fraction of sp³-hybridized carbons (Fsp3) is 0.571. The first-order valence-electron chi connectivity index (χ1n) is 10.2. The monoisotopic (exact) mass is 399 g/mol. The highest BCUT2D eigenvalue weighted by molar-refractivity contribution is 6.11. The van der Waals surface area contributed by atoms with Crippen molar-refractivity contribution in [3.8, 4) is 0 Å². The molecule has 1 aromatic carbocycles. The van der Waals surface area contributed by atoms with E-state index in [1.807, 2.05) is 13.0 Å². The van der Waals surface area contributed by atoms with Crippen LogP contribution in [0.2, 0.25) is 0 Å². The predicted octanol–water partition coefficient (Wildman–Crippen LogP) is 1.35. The first-order chi connectivity index (χ1) is 13.9. The molecule has 1 aromatic rings. The van der Waals surface area contributed by atoms with Crippen molar-refractivity contribution in [2.45, 2.75) is 44.1 Å². The molecule has 0 radical (unpaired) electrons. The van der Waals surface area contributed by atoms with Gasteiger partial charge in [0.2, 0.25) is 11.8 Å². The molecule has 0 aromatic heterocycles. The minimum atomic E-state index is -0.813. The van der Waals surface area contributed by atoms with Crippen LogP contribution in [0.1, 0.15) is 43.0 Å². The van der Waals surface area contributed by atoms with Crippen molar-refractivity contribution in [1.29, 1.82) is 0 Å². The molecule has 1 unspecified atom stereocenters. The highest BCUT2D eigenvalue weighted by atomic mass is 16.7. The molecule has 0 aliphatic carbocycles. The Morgan fingerprint density at radius 2 is 1.76 bits per heavy atom. The van der Waals surface area contributed by atoms with Crippen molar-refractivity contribution in [3.05, 3.63) is 29.8 Å². The third kappa shape index (κ3) is 2.77. The Morgan fingerprint density at radius 1 is 1.07 bits per heavy atom. The second-order valence-corrected chi connectivity index (χ2v) is 8.34. The molecular formula is C21H25N3O5. The Kier molecular flexibility index (Phi) is 4.18. The zero-order valence-corrected chi connectivity index (χ0v) is 16.6. The minimum absolute atomic E-state index is 0.0136. The van der Waals surface area contributed by atoms with Crippen LogP contribution in [-0.2, 0) is 19.1 Å². The molecule has 8 nitrogen and oxygen atoms in total. The molecule has 5 rings (SSSR count). The van der Waals surface area contributed by atoms with Gasteiger partial charge in [-0.3, -0.25) is 19.3 Å². The lowest BCUT2D eigenvalue weighted by Crippen LogP contribution is -2.64. The van der Waals surface area contributed by atoms with Gasteiger partial charge in [0.25, 0.3) is 5.91 Å². The number of carbonyl (C=O) groups is 3. The van der Waals surface area contributed by atoms with E-state index in [1.54, 1.807) is 32.9 Å². The van der Waals surface area contributed by atoms with Crippen molar-refractivity contribution < 1.29 is 23.9 Å². The highest BCUT2D eigenvalue weighted by Gasteiger charge is 2.53. The summed E-state index contributed by atoms with van der Waals surface area (Å²) >= 11 is 0. The first kappa shape index (κ1) is 18.6. The SMILES string of the molecule is CC12CCC(=O)N1c1ccccc1C(=O)N2CC(=O)N1CCC2(CC1)OCCO2. The van der Waals surface area contributed by atoms with E-state index >= 15 is 0 Å². The molecule has 3 fully saturated rings. The molecule has 0 bridgehead atoms. The number of likely N-dealkylation sites (tertiary alicyclic amines) is 1. The van der Waals surface area contributed by atoms with Gasteiger partial charge in [-0.2, -0.15) is 0 Å². The maximum absolute atomic E-state index is 13.3. The van der Waals surface area contributed by atoms with Crippen LogP contribution >= 0.6 is 0 Å². The summed E-state index contributed by atoms with van der Waals surface area (Å²) in [5, 5.41) is 0. The molecule has 29 heavy (non-hydrogen) atoms. The molecule has 1 atom stereocenters. The van der Waals surface area contributed by atoms with Crippen molar-refractivity contribution in [2.75, 3.05) is 37.7 Å². The highest BCUT2D eigenvalue weighted by Crippen LogP contribution is 2.44. The van der Waals surface area contributed by atoms with Gasteiger partial charge >= 0.3 is 0 Å². The summed E-state index contributed by atoms with van der Waals surface area (Å²) in [5.74, 6) is -0.859. The summed E-state index contributed by atoms with van der Waals surface area (Å²) in [4.78, 5) is 44.0. The fourth-order valence-electron chi connectivity index (χ4n) is 5.06. The maximum Gasteiger partial charge on any atom is 0.258 e. The Bertz CT molecular complexity index is 871. The van der Waals surface area contributed by atoms with E-state index in [0.29, 0.717) is 63.2 Å². The zero-order chi connectivity index (χ0) is 20.2. The Morgan fingerprint density at radius 3 is 2.48 bits per heavy atom. The van der Waals surface area contributed by atoms with Crippen molar-refractivity contribution >= 4 is 23.4 Å². The van der Waals surface area contributed by atoms with Gasteiger partial charge < -0.3 is 19.3 Å². The van der Waals surface area contributed by atoms with Crippen molar-refractivity contribution in [1.82, 2.24) is 9.80 Å². The van der Waals surface area contributed by atoms with Gasteiger partial charge in [-0.15, -0.1) is 0 Å². The van der Waals surface area contributed by atoms with E-state index in [9.17, 15) is 14.4 Å². The molecule has 4 aliphatic heterocycles. The van der Waals surface area contributed by atoms with Gasteiger partial charge in [0.1, 0.15) is 12.2 Å². The van der Waals surface area contributed by atoms with Gasteiger partial charge in [0, 0.05) is 32.4 Å². The summed E-state index contributed by atoms with van der Waals surface area (Å²) in [5.41, 5.74) is 0.298. The number of piperidine rings is 1. The Labute approximate surface area is 169 Å². The fourth-order valence-corrected chi connectivity index (χ4v) is 5.06. The number of carbonyl (C=O) groups excluding carboxylic acids is 3. The number of anilines is 1. The molecule has 8 heteroatoms. The number of rotatable bonds is 2. The second-order valence-electron chi connectivity index (χ2n) is 8.34. The molecule has 154 valence electrons. The third-order valence-corrected chi connectivity index (χ3v) is 6.73. The lowest BCUT2D eigenvalue weighted by molar-refractivity contribution is -0.187. The molecule has 3 saturated heterocycles. The van der Waals surface area contributed by atoms with E-state index in [-0.39, 0.29) is 24.3 Å². The number of fused-ring (bicyclic) bond motifs is 3. The number of ether oxygens (including phenoxy) is 2. The molecule has 1 spiro atoms. The van der Waals surface area contributed by atoms with E-state index in [1.165, 1.54) is 0 Å². The number of amides is 3. The predicted molar refractivity (Wildman–Crippen MR) is 103 cm³/mol. The quantitative estimate of drug-likeness (QED) is 0.750. The van der Waals surface area contributed by atoms with Crippen LogP contribution in [0.3, 0.4) is 0 Å². The van der Waals surface area contributed by atoms with Gasteiger partial charge in [-0.05, 0) is 25.5 Å². The smallest absolute Gasteiger partial charge is 0.258 e. The van der Waals surface area contributed by atoms with Crippen LogP contribution in [0.15, 0.2) is 24.3 Å². The van der Waals surface area contributed by atoms with Gasteiger partial charge in [-0.1, -0.05) is 12.1 Å². The number of hydrogen-bond donors (Lipinski definition) is 0. The van der Waals surface area contributed by atoms with E-state index < -0.39 is 11.4 Å². The summed E-state index contributed by atoms with van der Waals surface area (Å²) in [6, 6.07) is 7.14. The van der Waals surface area contributed by atoms with E-state index in [4.69, 9.17) is 9.47 Å². The molecule has 4 aliphatic rings. The maximum atomic E-state index is 13.3. The normalized spacial score (nSPS) is 28.1. The van der Waals surface area contributed by atoms with Crippen LogP contribution in [0.4, 0.5) is 5.69 Å². The number of nitrogens with zero attached hydrogens (tertiary/aromatic N) is 3. The lowest BCUT2D eigenvalue weighted by atomic mass is 9.98. The summed E-state index contributed by atoms with van der Waals surface area (Å²) in [6.07, 6.45) is 2.16. The van der Waals surface area contributed by atoms with Gasteiger partial charge in [0.15, 0.2) is 5.79 Å².